The van der Waals surface area contributed by atoms with Gasteiger partial charge in [-0.2, -0.15) is 0 Å². The van der Waals surface area contributed by atoms with E-state index in [1.165, 1.54) is 251 Å². The van der Waals surface area contributed by atoms with Gasteiger partial charge in [0.25, 0.3) is 0 Å². The molecule has 1 nitrogen and oxygen atoms in total. The van der Waals surface area contributed by atoms with Gasteiger partial charge in [0.15, 0.2) is 0 Å². The molecule has 0 saturated carbocycles. The molecule has 7 rings (SSSR count). The van der Waals surface area contributed by atoms with Crippen LogP contribution in [-0.4, -0.2) is 4.57 Å². The van der Waals surface area contributed by atoms with Crippen LogP contribution in [0.2, 0.25) is 0 Å². The molecule has 2 aromatic carbocycles. The van der Waals surface area contributed by atoms with E-state index >= 15 is 0 Å². The minimum Gasteiger partial charge on any atom is -0.340 e. The van der Waals surface area contributed by atoms with E-state index in [9.17, 15) is 0 Å². The number of aromatic nitrogens is 1. The molecule has 5 heterocycles. The van der Waals surface area contributed by atoms with Crippen molar-refractivity contribution in [3.63, 3.8) is 0 Å². The van der Waals surface area contributed by atoms with Crippen LogP contribution in [0.4, 0.5) is 0 Å². The zero-order chi connectivity index (χ0) is 43.8. The third-order valence-electron chi connectivity index (χ3n) is 13.8. The van der Waals surface area contributed by atoms with Crippen LogP contribution >= 0.6 is 45.3 Å². The van der Waals surface area contributed by atoms with E-state index in [0.717, 1.165) is 6.54 Å². The third-order valence-corrected chi connectivity index (χ3v) is 18.5. The molecule has 0 amide bonds. The molecule has 5 heteroatoms. The Hall–Kier alpha value is -2.44. The van der Waals surface area contributed by atoms with Gasteiger partial charge in [0, 0.05) is 61.5 Å². The molecule has 0 atom stereocenters. The lowest BCUT2D eigenvalue weighted by Gasteiger charge is -2.08. The lowest BCUT2D eigenvalue weighted by Crippen LogP contribution is -1.97. The summed E-state index contributed by atoms with van der Waals surface area (Å²) in [5, 5.41) is 5.71. The van der Waals surface area contributed by atoms with Crippen LogP contribution in [0, 0.1) is 13.8 Å². The van der Waals surface area contributed by atoms with E-state index in [4.69, 9.17) is 0 Å². The van der Waals surface area contributed by atoms with Crippen LogP contribution in [0.15, 0.2) is 48.5 Å². The van der Waals surface area contributed by atoms with Gasteiger partial charge in [-0.25, -0.2) is 0 Å². The minimum atomic E-state index is 1.10. The Morgan fingerprint density at radius 1 is 0.365 bits per heavy atom. The maximum atomic E-state index is 2.72. The maximum absolute atomic E-state index is 2.72. The molecule has 63 heavy (non-hydrogen) atoms. The molecule has 0 saturated heterocycles. The van der Waals surface area contributed by atoms with E-state index in [2.05, 4.69) is 87.7 Å². The summed E-state index contributed by atoms with van der Waals surface area (Å²) >= 11 is 8.09. The molecule has 0 fully saturated rings. The smallest absolute Gasteiger partial charge is 0.0505 e. The number of nitrogens with zero attached hydrogens (tertiary/aromatic N) is 1. The van der Waals surface area contributed by atoms with Crippen molar-refractivity contribution in [2.75, 3.05) is 0 Å². The third kappa shape index (κ3) is 13.4. The van der Waals surface area contributed by atoms with Crippen LogP contribution in [0.1, 0.15) is 209 Å². The summed E-state index contributed by atoms with van der Waals surface area (Å²) in [6.45, 7) is 12.7. The molecule has 0 aliphatic rings. The standard InChI is InChI=1S/C58H81NS4/c1-6-9-12-15-18-21-22-25-28-31-34-59-51-38-48-40-56(58-46(36-44(5)61-58)33-30-27-24-20-17-14-11-8-3)62-53(48)41-50(51)49-37-47-39-55(63-54(47)42-52(49)59)57-45(35-43(4)60-57)32-29-26-23-19-16-13-10-7-2/h35-42H,6-34H2,1-5H3. The molecule has 342 valence electrons. The number of thiophene rings is 4. The molecule has 5 aromatic heterocycles. The second-order valence-electron chi connectivity index (χ2n) is 19.2. The number of benzene rings is 2. The Morgan fingerprint density at radius 3 is 1.22 bits per heavy atom. The van der Waals surface area contributed by atoms with Crippen molar-refractivity contribution in [3.8, 4) is 19.5 Å². The second kappa shape index (κ2) is 25.5. The first-order chi connectivity index (χ1) is 31.0. The SMILES string of the molecule is CCCCCCCCCCCCn1c2cc3cc(-c4sc(C)cc4CCCCCCCCCC)sc3cc2c2cc3cc(-c4sc(C)cc4CCCCCCCCCC)sc3cc21. The van der Waals surface area contributed by atoms with E-state index in [0.29, 0.717) is 0 Å². The molecular weight excluding hydrogens is 839 g/mol. The highest BCUT2D eigenvalue weighted by Crippen LogP contribution is 2.46. The Kier molecular flexibility index (Phi) is 19.6. The van der Waals surface area contributed by atoms with Crippen LogP contribution in [0.3, 0.4) is 0 Å². The van der Waals surface area contributed by atoms with Gasteiger partial charge in [0.2, 0.25) is 0 Å². The molecule has 7 aromatic rings. The zero-order valence-corrected chi connectivity index (χ0v) is 43.5. The molecular formula is C58H81NS4. The van der Waals surface area contributed by atoms with Gasteiger partial charge < -0.3 is 4.57 Å². The van der Waals surface area contributed by atoms with Crippen LogP contribution in [0.5, 0.6) is 0 Å². The number of hydrogen-bond acceptors (Lipinski definition) is 4. The monoisotopic (exact) mass is 920 g/mol. The lowest BCUT2D eigenvalue weighted by molar-refractivity contribution is 0.541. The number of fused-ring (bicyclic) bond motifs is 5. The van der Waals surface area contributed by atoms with Crippen molar-refractivity contribution < 1.29 is 0 Å². The summed E-state index contributed by atoms with van der Waals surface area (Å²) in [6.07, 6.45) is 38.2. The van der Waals surface area contributed by atoms with Crippen molar-refractivity contribution in [3.05, 3.63) is 69.4 Å². The summed E-state index contributed by atoms with van der Waals surface area (Å²) in [5.74, 6) is 0. The zero-order valence-electron chi connectivity index (χ0n) is 40.2. The lowest BCUT2D eigenvalue weighted by atomic mass is 10.0. The maximum Gasteiger partial charge on any atom is 0.0505 e. The average molecular weight is 921 g/mol. The number of rotatable bonds is 31. The normalized spacial score (nSPS) is 12.1. The van der Waals surface area contributed by atoms with Crippen molar-refractivity contribution in [1.29, 1.82) is 0 Å². The summed E-state index contributed by atoms with van der Waals surface area (Å²) in [5.41, 5.74) is 6.02. The van der Waals surface area contributed by atoms with Gasteiger partial charge >= 0.3 is 0 Å². The Morgan fingerprint density at radius 2 is 0.746 bits per heavy atom. The Bertz CT molecular complexity index is 2270. The first-order valence-corrected chi connectivity index (χ1v) is 29.4. The second-order valence-corrected chi connectivity index (χ2v) is 23.9. The summed E-state index contributed by atoms with van der Waals surface area (Å²) < 4.78 is 5.59. The summed E-state index contributed by atoms with van der Waals surface area (Å²) in [6, 6.07) is 20.3. The van der Waals surface area contributed by atoms with Gasteiger partial charge in [-0.3, -0.25) is 0 Å². The van der Waals surface area contributed by atoms with Crippen molar-refractivity contribution in [2.45, 2.75) is 221 Å². The van der Waals surface area contributed by atoms with Crippen LogP contribution < -0.4 is 0 Å². The molecule has 0 aliphatic heterocycles. The first-order valence-electron chi connectivity index (χ1n) is 26.1. The molecule has 0 unspecified atom stereocenters. The fourth-order valence-electron chi connectivity index (χ4n) is 10.2. The van der Waals surface area contributed by atoms with E-state index < -0.39 is 0 Å². The highest BCUT2D eigenvalue weighted by atomic mass is 32.1. The van der Waals surface area contributed by atoms with Gasteiger partial charge in [0.1, 0.15) is 0 Å². The van der Waals surface area contributed by atoms with Crippen molar-refractivity contribution in [2.24, 2.45) is 0 Å². The quantitative estimate of drug-likeness (QED) is 0.0382. The number of hydrogen-bond donors (Lipinski definition) is 0. The fraction of sp³-hybridized carbons (Fsp3) is 0.586. The molecule has 0 aliphatic carbocycles. The van der Waals surface area contributed by atoms with Gasteiger partial charge in [-0.1, -0.05) is 168 Å². The molecule has 0 radical (unpaired) electrons. The van der Waals surface area contributed by atoms with E-state index in [-0.39, 0.29) is 0 Å². The minimum absolute atomic E-state index is 1.10. The average Bonchev–Trinajstić information content (AvgIpc) is 4.11. The predicted molar refractivity (Wildman–Crippen MR) is 291 cm³/mol. The van der Waals surface area contributed by atoms with Gasteiger partial charge in [0.05, 0.1) is 5.52 Å². The van der Waals surface area contributed by atoms with Crippen LogP contribution in [0.25, 0.3) is 61.5 Å². The molecule has 0 N–H and O–H groups in total. The number of aryl methyl sites for hydroxylation is 5. The van der Waals surface area contributed by atoms with Crippen molar-refractivity contribution >= 4 is 87.3 Å². The summed E-state index contributed by atoms with van der Waals surface area (Å²) in [7, 11) is 0. The van der Waals surface area contributed by atoms with Gasteiger partial charge in [-0.05, 0) is 116 Å². The van der Waals surface area contributed by atoms with Crippen molar-refractivity contribution in [1.82, 2.24) is 4.57 Å². The highest BCUT2D eigenvalue weighted by molar-refractivity contribution is 7.26. The Balaban J connectivity index is 1.13. The predicted octanol–water partition coefficient (Wildman–Crippen LogP) is 21.6. The molecule has 0 bridgehead atoms. The van der Waals surface area contributed by atoms with Crippen LogP contribution in [-0.2, 0) is 19.4 Å². The number of unbranched alkanes of at least 4 members (excludes halogenated alkanes) is 23. The highest BCUT2D eigenvalue weighted by Gasteiger charge is 2.19. The van der Waals surface area contributed by atoms with Gasteiger partial charge in [-0.15, -0.1) is 45.3 Å². The topological polar surface area (TPSA) is 4.93 Å². The first kappa shape index (κ1) is 48.5. The largest absolute Gasteiger partial charge is 0.340 e. The Labute approximate surface area is 399 Å². The van der Waals surface area contributed by atoms with E-state index in [1.807, 2.05) is 45.3 Å². The summed E-state index contributed by atoms with van der Waals surface area (Å²) in [4.78, 5) is 8.89. The fourth-order valence-corrected chi connectivity index (χ4v) is 14.8. The molecule has 0 spiro atoms. The van der Waals surface area contributed by atoms with E-state index in [1.54, 1.807) is 11.1 Å².